The predicted molar refractivity (Wildman–Crippen MR) is 77.4 cm³/mol. The second-order valence-corrected chi connectivity index (χ2v) is 5.56. The summed E-state index contributed by atoms with van der Waals surface area (Å²) in [5, 5.41) is 9.45. The molecule has 0 amide bonds. The molecule has 0 N–H and O–H groups in total. The first-order valence-electron chi connectivity index (χ1n) is 7.03. The van der Waals surface area contributed by atoms with Crippen LogP contribution in [0.3, 0.4) is 0 Å². The summed E-state index contributed by atoms with van der Waals surface area (Å²) in [6.07, 6.45) is 4.32. The molecular weight excluding hydrogens is 250 g/mol. The Balaban J connectivity index is 1.92. The highest BCUT2D eigenvalue weighted by molar-refractivity contribution is 5.65. The molecule has 2 aromatic rings. The largest absolute Gasteiger partial charge is 0.376 e. The number of hydrogen-bond acceptors (Lipinski definition) is 3. The maximum atomic E-state index is 9.45. The van der Waals surface area contributed by atoms with Crippen molar-refractivity contribution < 1.29 is 4.74 Å². The van der Waals surface area contributed by atoms with Gasteiger partial charge in [-0.1, -0.05) is 6.07 Å². The Morgan fingerprint density at radius 1 is 1.40 bits per heavy atom. The lowest BCUT2D eigenvalue weighted by Crippen LogP contribution is -2.46. The second-order valence-electron chi connectivity index (χ2n) is 5.56. The number of pyridine rings is 1. The molecule has 0 bridgehead atoms. The molecular formula is C16H19N3O. The number of ether oxygens (including phenoxy) is 1. The van der Waals surface area contributed by atoms with Gasteiger partial charge in [0.05, 0.1) is 23.8 Å². The Morgan fingerprint density at radius 2 is 2.25 bits per heavy atom. The van der Waals surface area contributed by atoms with E-state index < -0.39 is 0 Å². The quantitative estimate of drug-likeness (QED) is 0.840. The minimum absolute atomic E-state index is 0.258. The summed E-state index contributed by atoms with van der Waals surface area (Å²) in [4.78, 5) is 2.39. The maximum Gasteiger partial charge on any atom is 0.102 e. The molecule has 0 aliphatic carbocycles. The van der Waals surface area contributed by atoms with Crippen LogP contribution in [0.4, 0.5) is 0 Å². The zero-order chi connectivity index (χ0) is 14.1. The fraction of sp³-hybridized carbons (Fsp3) is 0.438. The molecule has 1 aliphatic heterocycles. The molecule has 104 valence electrons. The molecule has 0 saturated carbocycles. The van der Waals surface area contributed by atoms with Gasteiger partial charge in [-0.25, -0.2) is 0 Å². The second kappa shape index (κ2) is 5.28. The summed E-state index contributed by atoms with van der Waals surface area (Å²) in [5.74, 6) is 0. The number of fused-ring (bicyclic) bond motifs is 1. The van der Waals surface area contributed by atoms with Crippen LogP contribution in [0, 0.1) is 11.3 Å². The summed E-state index contributed by atoms with van der Waals surface area (Å²) in [5.41, 5.74) is 2.87. The van der Waals surface area contributed by atoms with E-state index in [1.165, 1.54) is 0 Å². The minimum atomic E-state index is 0.258. The van der Waals surface area contributed by atoms with E-state index in [0.29, 0.717) is 6.04 Å². The Labute approximate surface area is 119 Å². The van der Waals surface area contributed by atoms with Gasteiger partial charge in [0.2, 0.25) is 0 Å². The lowest BCUT2D eigenvalue weighted by Gasteiger charge is -2.36. The fourth-order valence-corrected chi connectivity index (χ4v) is 2.84. The van der Waals surface area contributed by atoms with E-state index in [1.807, 2.05) is 28.8 Å². The van der Waals surface area contributed by atoms with Gasteiger partial charge < -0.3 is 9.14 Å². The molecule has 0 radical (unpaired) electrons. The molecule has 0 aromatic carbocycles. The van der Waals surface area contributed by atoms with E-state index >= 15 is 0 Å². The molecule has 1 fully saturated rings. The van der Waals surface area contributed by atoms with Crippen LogP contribution in [0.5, 0.6) is 0 Å². The Hall–Kier alpha value is -1.83. The van der Waals surface area contributed by atoms with Crippen LogP contribution in [0.2, 0.25) is 0 Å². The Morgan fingerprint density at radius 3 is 3.05 bits per heavy atom. The summed E-state index contributed by atoms with van der Waals surface area (Å²) in [6.45, 7) is 6.75. The van der Waals surface area contributed by atoms with Crippen molar-refractivity contribution in [2.24, 2.45) is 0 Å². The molecule has 3 heterocycles. The van der Waals surface area contributed by atoms with Crippen LogP contribution in [-0.2, 0) is 11.3 Å². The van der Waals surface area contributed by atoms with Crippen molar-refractivity contribution in [1.82, 2.24) is 9.30 Å². The molecule has 1 aliphatic rings. The van der Waals surface area contributed by atoms with Crippen molar-refractivity contribution in [3.8, 4) is 6.07 Å². The standard InChI is InChI=1S/C16H19N3O/c1-12-11-20-13(2)8-19(12)10-14-9-18-6-4-3-5-16(18)15(14)7-17/h3-6,9,12-13H,8,10-11H2,1-2H3/t12-,13-/m0/s1. The number of rotatable bonds is 2. The van der Waals surface area contributed by atoms with Crippen LogP contribution in [0.15, 0.2) is 30.6 Å². The summed E-state index contributed by atoms with van der Waals surface area (Å²) in [7, 11) is 0. The van der Waals surface area contributed by atoms with Crippen LogP contribution in [-0.4, -0.2) is 34.6 Å². The Kier molecular flexibility index (Phi) is 3.47. The van der Waals surface area contributed by atoms with E-state index in [-0.39, 0.29) is 6.10 Å². The van der Waals surface area contributed by atoms with Gasteiger partial charge in [-0.05, 0) is 26.0 Å². The lowest BCUT2D eigenvalue weighted by molar-refractivity contribution is -0.0526. The maximum absolute atomic E-state index is 9.45. The number of aromatic nitrogens is 1. The van der Waals surface area contributed by atoms with Crippen LogP contribution < -0.4 is 0 Å². The van der Waals surface area contributed by atoms with Gasteiger partial charge in [0, 0.05) is 37.1 Å². The number of morpholine rings is 1. The van der Waals surface area contributed by atoms with E-state index in [4.69, 9.17) is 4.74 Å². The highest BCUT2D eigenvalue weighted by atomic mass is 16.5. The van der Waals surface area contributed by atoms with Gasteiger partial charge >= 0.3 is 0 Å². The third-order valence-electron chi connectivity index (χ3n) is 3.98. The first-order valence-corrected chi connectivity index (χ1v) is 7.03. The SMILES string of the molecule is C[C@H]1CN(Cc2cn3ccccc3c2C#N)[C@@H](C)CO1. The Bertz CT molecular complexity index is 655. The third-order valence-corrected chi connectivity index (χ3v) is 3.98. The van der Waals surface area contributed by atoms with Crippen molar-refractivity contribution in [1.29, 1.82) is 5.26 Å². The van der Waals surface area contributed by atoms with Crippen molar-refractivity contribution >= 4 is 5.52 Å². The van der Waals surface area contributed by atoms with E-state index in [0.717, 1.165) is 36.3 Å². The van der Waals surface area contributed by atoms with Gasteiger partial charge in [0.25, 0.3) is 0 Å². The van der Waals surface area contributed by atoms with Gasteiger partial charge in [-0.2, -0.15) is 5.26 Å². The number of nitriles is 1. The predicted octanol–water partition coefficient (Wildman–Crippen LogP) is 2.42. The first-order chi connectivity index (χ1) is 9.69. The normalized spacial score (nSPS) is 23.9. The molecule has 20 heavy (non-hydrogen) atoms. The highest BCUT2D eigenvalue weighted by Gasteiger charge is 2.24. The average molecular weight is 269 g/mol. The molecule has 0 unspecified atom stereocenters. The van der Waals surface area contributed by atoms with Crippen LogP contribution in [0.1, 0.15) is 25.0 Å². The lowest BCUT2D eigenvalue weighted by atomic mass is 10.1. The number of nitrogens with zero attached hydrogens (tertiary/aromatic N) is 3. The van der Waals surface area contributed by atoms with E-state index in [2.05, 4.69) is 31.0 Å². The van der Waals surface area contributed by atoms with E-state index in [9.17, 15) is 5.26 Å². The van der Waals surface area contributed by atoms with Crippen molar-refractivity contribution in [2.75, 3.05) is 13.2 Å². The summed E-state index contributed by atoms with van der Waals surface area (Å²) >= 11 is 0. The van der Waals surface area contributed by atoms with Crippen molar-refractivity contribution in [2.45, 2.75) is 32.5 Å². The van der Waals surface area contributed by atoms with E-state index in [1.54, 1.807) is 0 Å². The highest BCUT2D eigenvalue weighted by Crippen LogP contribution is 2.22. The summed E-state index contributed by atoms with van der Waals surface area (Å²) in [6, 6.07) is 8.69. The minimum Gasteiger partial charge on any atom is -0.376 e. The van der Waals surface area contributed by atoms with Gasteiger partial charge in [0.15, 0.2) is 0 Å². The van der Waals surface area contributed by atoms with Gasteiger partial charge in [-0.3, -0.25) is 4.90 Å². The summed E-state index contributed by atoms with van der Waals surface area (Å²) < 4.78 is 7.69. The molecule has 4 nitrogen and oxygen atoms in total. The molecule has 2 atom stereocenters. The molecule has 0 spiro atoms. The van der Waals surface area contributed by atoms with Gasteiger partial charge in [0.1, 0.15) is 6.07 Å². The van der Waals surface area contributed by atoms with Crippen molar-refractivity contribution in [3.05, 3.63) is 41.7 Å². The topological polar surface area (TPSA) is 40.7 Å². The average Bonchev–Trinajstić information content (AvgIpc) is 2.80. The van der Waals surface area contributed by atoms with Crippen LogP contribution in [0.25, 0.3) is 5.52 Å². The van der Waals surface area contributed by atoms with Gasteiger partial charge in [-0.15, -0.1) is 0 Å². The third kappa shape index (κ3) is 2.31. The zero-order valence-electron chi connectivity index (χ0n) is 11.9. The van der Waals surface area contributed by atoms with Crippen molar-refractivity contribution in [3.63, 3.8) is 0 Å². The number of hydrogen-bond donors (Lipinski definition) is 0. The smallest absolute Gasteiger partial charge is 0.102 e. The molecule has 1 saturated heterocycles. The molecule has 2 aromatic heterocycles. The molecule has 3 rings (SSSR count). The first kappa shape index (κ1) is 13.2. The molecule has 4 heteroatoms. The van der Waals surface area contributed by atoms with Crippen LogP contribution >= 0.6 is 0 Å². The fourth-order valence-electron chi connectivity index (χ4n) is 2.84. The zero-order valence-corrected chi connectivity index (χ0v) is 11.9. The monoisotopic (exact) mass is 269 g/mol.